The van der Waals surface area contributed by atoms with Gasteiger partial charge in [0.15, 0.2) is 0 Å². The first kappa shape index (κ1) is 33.8. The minimum absolute atomic E-state index is 0.230. The average molecular weight is 674 g/mol. The van der Waals surface area contributed by atoms with Crippen molar-refractivity contribution in [3.8, 4) is 23.0 Å². The summed E-state index contributed by atoms with van der Waals surface area (Å²) in [7, 11) is 0. The molecule has 0 unspecified atom stereocenters. The molecular weight excluding hydrogens is 638 g/mol. The molecule has 0 aliphatic carbocycles. The third-order valence-electron chi connectivity index (χ3n) is 3.02. The van der Waals surface area contributed by atoms with Gasteiger partial charge < -0.3 is 20.4 Å². The molecule has 6 heteroatoms. The van der Waals surface area contributed by atoms with E-state index in [0.29, 0.717) is 23.0 Å². The van der Waals surface area contributed by atoms with Crippen LogP contribution >= 0.6 is 0 Å². The van der Waals surface area contributed by atoms with Crippen LogP contribution in [0.5, 0.6) is 23.0 Å². The van der Waals surface area contributed by atoms with Gasteiger partial charge in [0, 0.05) is 0 Å². The van der Waals surface area contributed by atoms with Crippen LogP contribution in [-0.2, 0) is 0 Å². The maximum absolute atomic E-state index is 8.63. The molecule has 0 aromatic heterocycles. The summed E-state index contributed by atoms with van der Waals surface area (Å²) in [5.74, 6) is 1.29. The average Bonchev–Trinajstić information content (AvgIpc) is 2.83. The van der Waals surface area contributed by atoms with Crippen LogP contribution in [0.1, 0.15) is 0 Å². The zero-order valence-corrected chi connectivity index (χ0v) is 26.0. The predicted octanol–water partition coefficient (Wildman–Crippen LogP) is 7.14. The molecule has 0 aliphatic heterocycles. The molecule has 0 saturated heterocycles. The molecule has 0 fully saturated rings. The van der Waals surface area contributed by atoms with E-state index < -0.39 is 0 Å². The van der Waals surface area contributed by atoms with Crippen LogP contribution in [0.25, 0.3) is 0 Å². The first-order valence-corrected chi connectivity index (χ1v) is 22.0. The van der Waals surface area contributed by atoms with Gasteiger partial charge in [0.05, 0.1) is 0 Å². The third kappa shape index (κ3) is 27.7. The molecule has 34 heavy (non-hydrogen) atoms. The van der Waals surface area contributed by atoms with E-state index in [1.807, 2.05) is 24.3 Å². The van der Waals surface area contributed by atoms with Crippen molar-refractivity contribution in [2.45, 2.75) is 19.8 Å². The molecule has 4 aromatic rings. The summed E-state index contributed by atoms with van der Waals surface area (Å²) in [6.07, 6.45) is 0. The standard InChI is InChI=1S/4C6H6O.4CH3.2Sn/c4*7-6-4-2-1-3-5-6;;;;;;/h4*1-5,7H;4*1H3;;. The predicted molar refractivity (Wildman–Crippen MR) is 147 cm³/mol. The first-order chi connectivity index (χ1) is 16.4. The van der Waals surface area contributed by atoms with Crippen molar-refractivity contribution in [1.29, 1.82) is 0 Å². The summed E-state index contributed by atoms with van der Waals surface area (Å²) in [6.45, 7) is 0. The number of aromatic hydroxyl groups is 4. The molecule has 0 saturated carbocycles. The molecule has 0 atom stereocenters. The molecule has 0 aliphatic rings. The van der Waals surface area contributed by atoms with Crippen LogP contribution < -0.4 is 0 Å². The van der Waals surface area contributed by atoms with Gasteiger partial charge in [-0.25, -0.2) is 0 Å². The summed E-state index contributed by atoms with van der Waals surface area (Å²) < 4.78 is 0. The number of benzene rings is 4. The quantitative estimate of drug-likeness (QED) is 0.150. The van der Waals surface area contributed by atoms with Gasteiger partial charge in [0.25, 0.3) is 0 Å². The van der Waals surface area contributed by atoms with Gasteiger partial charge in [-0.2, -0.15) is 0 Å². The van der Waals surface area contributed by atoms with Crippen LogP contribution in [0.15, 0.2) is 121 Å². The summed E-state index contributed by atoms with van der Waals surface area (Å²) >= 11 is 0.460. The molecule has 0 heterocycles. The monoisotopic (exact) mass is 676 g/mol. The van der Waals surface area contributed by atoms with Crippen LogP contribution in [0, 0.1) is 0 Å². The van der Waals surface area contributed by atoms with Crippen molar-refractivity contribution >= 4 is 42.3 Å². The zero-order valence-electron chi connectivity index (χ0n) is 20.3. The van der Waals surface area contributed by atoms with Crippen molar-refractivity contribution in [2.24, 2.45) is 0 Å². The fourth-order valence-corrected chi connectivity index (χ4v) is 1.71. The van der Waals surface area contributed by atoms with Gasteiger partial charge in [-0.15, -0.1) is 0 Å². The van der Waals surface area contributed by atoms with E-state index in [1.54, 1.807) is 97.1 Å². The molecule has 4 radical (unpaired) electrons. The van der Waals surface area contributed by atoms with Gasteiger partial charge in [-0.3, -0.25) is 0 Å². The van der Waals surface area contributed by atoms with E-state index in [1.165, 1.54) is 0 Å². The normalized spacial score (nSPS) is 8.12. The molecular formula is C28H36O4Sn2. The van der Waals surface area contributed by atoms with Crippen LogP contribution in [-0.4, -0.2) is 62.7 Å². The SMILES string of the molecule is Oc1ccccc1.Oc1ccccc1.Oc1ccccc1.Oc1ccccc1.[CH3][Sn][CH3].[CH3][Sn][CH3]. The fourth-order valence-electron chi connectivity index (χ4n) is 1.71. The van der Waals surface area contributed by atoms with Crippen molar-refractivity contribution in [3.63, 3.8) is 0 Å². The number of hydrogen-bond acceptors (Lipinski definition) is 4. The topological polar surface area (TPSA) is 80.9 Å². The molecule has 4 N–H and O–H groups in total. The molecule has 0 amide bonds. The van der Waals surface area contributed by atoms with Crippen LogP contribution in [0.3, 0.4) is 0 Å². The Kier molecular flexibility index (Phi) is 26.8. The van der Waals surface area contributed by atoms with E-state index in [-0.39, 0.29) is 42.3 Å². The molecule has 180 valence electrons. The molecule has 4 nitrogen and oxygen atoms in total. The van der Waals surface area contributed by atoms with E-state index in [9.17, 15) is 0 Å². The van der Waals surface area contributed by atoms with Crippen molar-refractivity contribution < 1.29 is 20.4 Å². The second-order valence-corrected chi connectivity index (χ2v) is 12.1. The van der Waals surface area contributed by atoms with Crippen molar-refractivity contribution in [2.75, 3.05) is 0 Å². The Labute approximate surface area is 225 Å². The van der Waals surface area contributed by atoms with E-state index in [4.69, 9.17) is 20.4 Å². The van der Waals surface area contributed by atoms with E-state index in [2.05, 4.69) is 19.8 Å². The maximum atomic E-state index is 8.63. The Morgan fingerprint density at radius 2 is 0.441 bits per heavy atom. The van der Waals surface area contributed by atoms with Crippen molar-refractivity contribution in [3.05, 3.63) is 121 Å². The number of phenolic OH excluding ortho intramolecular Hbond substituents is 4. The number of phenols is 4. The third-order valence-corrected chi connectivity index (χ3v) is 3.02. The Hall–Kier alpha value is -2.32. The van der Waals surface area contributed by atoms with Gasteiger partial charge in [0.1, 0.15) is 23.0 Å². The Morgan fingerprint density at radius 3 is 0.500 bits per heavy atom. The summed E-state index contributed by atoms with van der Waals surface area (Å²) in [5.41, 5.74) is 0. The number of rotatable bonds is 0. The Bertz CT molecular complexity index is 727. The summed E-state index contributed by atoms with van der Waals surface area (Å²) in [5, 5.41) is 34.5. The number of hydrogen-bond donors (Lipinski definition) is 4. The van der Waals surface area contributed by atoms with Crippen LogP contribution in [0.4, 0.5) is 0 Å². The fraction of sp³-hybridized carbons (Fsp3) is 0.143. The Morgan fingerprint density at radius 1 is 0.324 bits per heavy atom. The van der Waals surface area contributed by atoms with E-state index >= 15 is 0 Å². The van der Waals surface area contributed by atoms with Gasteiger partial charge in [-0.1, -0.05) is 72.8 Å². The van der Waals surface area contributed by atoms with Gasteiger partial charge in [0.2, 0.25) is 0 Å². The minimum atomic E-state index is 0.230. The van der Waals surface area contributed by atoms with Gasteiger partial charge >= 0.3 is 62.0 Å². The second-order valence-electron chi connectivity index (χ2n) is 6.34. The second kappa shape index (κ2) is 26.9. The first-order valence-electron chi connectivity index (χ1n) is 10.5. The molecule has 0 spiro atoms. The van der Waals surface area contributed by atoms with Gasteiger partial charge in [-0.05, 0) is 48.5 Å². The van der Waals surface area contributed by atoms with E-state index in [0.717, 1.165) is 0 Å². The molecule has 4 aromatic carbocycles. The van der Waals surface area contributed by atoms with Crippen LogP contribution in [0.2, 0.25) is 19.8 Å². The summed E-state index contributed by atoms with van der Waals surface area (Å²) in [4.78, 5) is 9.18. The zero-order chi connectivity index (χ0) is 25.9. The van der Waals surface area contributed by atoms with Crippen molar-refractivity contribution in [1.82, 2.24) is 0 Å². The molecule has 4 rings (SSSR count). The summed E-state index contributed by atoms with van der Waals surface area (Å²) in [6, 6.07) is 34.9. The Balaban J connectivity index is 0. The number of para-hydroxylation sites is 4. The molecule has 0 bridgehead atoms.